The van der Waals surface area contributed by atoms with E-state index in [9.17, 15) is 4.79 Å². The van der Waals surface area contributed by atoms with Crippen LogP contribution in [-0.4, -0.2) is 31.8 Å². The van der Waals surface area contributed by atoms with Gasteiger partial charge in [-0.25, -0.2) is 0 Å². The van der Waals surface area contributed by atoms with Crippen LogP contribution in [0.3, 0.4) is 0 Å². The molecule has 126 valence electrons. The van der Waals surface area contributed by atoms with Gasteiger partial charge in [-0.3, -0.25) is 4.79 Å². The first-order chi connectivity index (χ1) is 11.2. The van der Waals surface area contributed by atoms with Gasteiger partial charge in [-0.15, -0.1) is 0 Å². The highest BCUT2D eigenvalue weighted by molar-refractivity contribution is 5.76. The third-order valence-electron chi connectivity index (χ3n) is 5.39. The third kappa shape index (κ3) is 3.69. The Kier molecular flexibility index (Phi) is 5.21. The molecule has 1 heterocycles. The highest BCUT2D eigenvalue weighted by Gasteiger charge is 2.47. The largest absolute Gasteiger partial charge is 0.494 e. The summed E-state index contributed by atoms with van der Waals surface area (Å²) in [6, 6.07) is 8.33. The lowest BCUT2D eigenvalue weighted by molar-refractivity contribution is -0.127. The summed E-state index contributed by atoms with van der Waals surface area (Å²) in [6.07, 6.45) is 5.77. The van der Waals surface area contributed by atoms with Gasteiger partial charge in [-0.05, 0) is 56.1 Å². The van der Waals surface area contributed by atoms with Crippen LogP contribution in [0.5, 0.6) is 5.75 Å². The Labute approximate surface area is 138 Å². The quantitative estimate of drug-likeness (QED) is 0.877. The fraction of sp³-hybridized carbons (Fsp3) is 0.632. The van der Waals surface area contributed by atoms with Crippen LogP contribution in [0.2, 0.25) is 0 Å². The van der Waals surface area contributed by atoms with E-state index in [1.54, 1.807) is 0 Å². The normalized spacial score (nSPS) is 22.4. The predicted molar refractivity (Wildman–Crippen MR) is 89.6 cm³/mol. The zero-order chi connectivity index (χ0) is 16.1. The number of aryl methyl sites for hydroxylation is 1. The minimum absolute atomic E-state index is 0.159. The monoisotopic (exact) mass is 317 g/mol. The number of hydrogen-bond acceptors (Lipinski definition) is 3. The molecule has 1 saturated heterocycles. The molecule has 1 amide bonds. The second-order valence-corrected chi connectivity index (χ2v) is 6.67. The first-order valence-electron chi connectivity index (χ1n) is 8.81. The maximum atomic E-state index is 12.3. The molecule has 1 aromatic rings. The average molecular weight is 317 g/mol. The van der Waals surface area contributed by atoms with Gasteiger partial charge in [0.25, 0.3) is 0 Å². The Hall–Kier alpha value is -1.55. The van der Waals surface area contributed by atoms with Gasteiger partial charge < -0.3 is 14.8 Å². The van der Waals surface area contributed by atoms with E-state index in [4.69, 9.17) is 9.47 Å². The molecule has 2 fully saturated rings. The van der Waals surface area contributed by atoms with E-state index in [1.165, 1.54) is 6.42 Å². The Morgan fingerprint density at radius 2 is 2.09 bits per heavy atom. The molecular formula is C19H27NO3. The van der Waals surface area contributed by atoms with Crippen molar-refractivity contribution in [2.75, 3.05) is 19.8 Å². The van der Waals surface area contributed by atoms with E-state index >= 15 is 0 Å². The fourth-order valence-corrected chi connectivity index (χ4v) is 3.82. The zero-order valence-electron chi connectivity index (χ0n) is 14.0. The second kappa shape index (κ2) is 7.35. The Morgan fingerprint density at radius 1 is 1.30 bits per heavy atom. The number of para-hydroxylation sites is 1. The molecule has 1 unspecified atom stereocenters. The van der Waals surface area contributed by atoms with Gasteiger partial charge >= 0.3 is 0 Å². The van der Waals surface area contributed by atoms with Gasteiger partial charge in [0.1, 0.15) is 5.75 Å². The van der Waals surface area contributed by atoms with E-state index in [0.717, 1.165) is 50.2 Å². The number of carbonyl (C=O) groups is 1. The van der Waals surface area contributed by atoms with Crippen LogP contribution >= 0.6 is 0 Å². The van der Waals surface area contributed by atoms with Crippen molar-refractivity contribution in [2.24, 2.45) is 5.41 Å². The first kappa shape index (κ1) is 16.3. The predicted octanol–water partition coefficient (Wildman–Crippen LogP) is 3.09. The standard InChI is InChI=1S/C19H27NO3/c1-2-23-16-6-4-3-5-15(16)7-8-18(21)20-17-9-10-19(17)11-13-22-14-12-19/h3-6,17H,2,7-14H2,1H3,(H,20,21). The molecule has 0 radical (unpaired) electrons. The van der Waals surface area contributed by atoms with Crippen molar-refractivity contribution in [3.8, 4) is 5.75 Å². The smallest absolute Gasteiger partial charge is 0.220 e. The minimum Gasteiger partial charge on any atom is -0.494 e. The fourth-order valence-electron chi connectivity index (χ4n) is 3.82. The van der Waals surface area contributed by atoms with Gasteiger partial charge in [0.05, 0.1) is 6.61 Å². The molecule has 1 N–H and O–H groups in total. The molecule has 2 aliphatic rings. The van der Waals surface area contributed by atoms with Crippen LogP contribution in [-0.2, 0) is 16.0 Å². The van der Waals surface area contributed by atoms with Crippen LogP contribution in [0, 0.1) is 5.41 Å². The van der Waals surface area contributed by atoms with E-state index in [-0.39, 0.29) is 5.91 Å². The summed E-state index contributed by atoms with van der Waals surface area (Å²) in [6.45, 7) is 4.31. The van der Waals surface area contributed by atoms with Crippen molar-refractivity contribution in [1.29, 1.82) is 0 Å². The van der Waals surface area contributed by atoms with Crippen molar-refractivity contribution in [3.05, 3.63) is 29.8 Å². The van der Waals surface area contributed by atoms with E-state index in [1.807, 2.05) is 31.2 Å². The molecule has 1 atom stereocenters. The number of benzene rings is 1. The lowest BCUT2D eigenvalue weighted by Gasteiger charge is -2.52. The van der Waals surface area contributed by atoms with E-state index < -0.39 is 0 Å². The van der Waals surface area contributed by atoms with Crippen LogP contribution in [0.25, 0.3) is 0 Å². The molecule has 4 heteroatoms. The Bertz CT molecular complexity index is 537. The summed E-state index contributed by atoms with van der Waals surface area (Å²) >= 11 is 0. The first-order valence-corrected chi connectivity index (χ1v) is 8.81. The van der Waals surface area contributed by atoms with Crippen LogP contribution < -0.4 is 10.1 Å². The highest BCUT2D eigenvalue weighted by Crippen LogP contribution is 2.48. The number of nitrogens with one attached hydrogen (secondary N) is 1. The van der Waals surface area contributed by atoms with Crippen LogP contribution in [0.1, 0.15) is 44.6 Å². The van der Waals surface area contributed by atoms with E-state index in [2.05, 4.69) is 5.32 Å². The molecule has 0 bridgehead atoms. The number of amides is 1. The van der Waals surface area contributed by atoms with Gasteiger partial charge in [-0.2, -0.15) is 0 Å². The molecule has 1 aliphatic carbocycles. The summed E-state index contributed by atoms with van der Waals surface area (Å²) < 4.78 is 11.1. The summed E-state index contributed by atoms with van der Waals surface area (Å²) in [4.78, 5) is 12.3. The lowest BCUT2D eigenvalue weighted by atomic mass is 9.60. The second-order valence-electron chi connectivity index (χ2n) is 6.67. The van der Waals surface area contributed by atoms with Gasteiger partial charge in [-0.1, -0.05) is 18.2 Å². The van der Waals surface area contributed by atoms with Gasteiger partial charge in [0.15, 0.2) is 0 Å². The SMILES string of the molecule is CCOc1ccccc1CCC(=O)NC1CCC12CCOCC2. The molecule has 1 aliphatic heterocycles. The molecule has 4 nitrogen and oxygen atoms in total. The van der Waals surface area contributed by atoms with Gasteiger partial charge in [0.2, 0.25) is 5.91 Å². The topological polar surface area (TPSA) is 47.6 Å². The van der Waals surface area contributed by atoms with Crippen LogP contribution in [0.15, 0.2) is 24.3 Å². The lowest BCUT2D eigenvalue weighted by Crippen LogP contribution is -2.57. The molecule has 1 saturated carbocycles. The number of ether oxygens (including phenoxy) is 2. The Balaban J connectivity index is 1.50. The third-order valence-corrected chi connectivity index (χ3v) is 5.39. The summed E-state index contributed by atoms with van der Waals surface area (Å²) in [5.74, 6) is 1.05. The van der Waals surface area contributed by atoms with Crippen molar-refractivity contribution >= 4 is 5.91 Å². The number of hydrogen-bond donors (Lipinski definition) is 1. The molecule has 0 aromatic heterocycles. The maximum Gasteiger partial charge on any atom is 0.220 e. The minimum atomic E-state index is 0.159. The zero-order valence-corrected chi connectivity index (χ0v) is 14.0. The Morgan fingerprint density at radius 3 is 2.78 bits per heavy atom. The highest BCUT2D eigenvalue weighted by atomic mass is 16.5. The molecule has 23 heavy (non-hydrogen) atoms. The molecular weight excluding hydrogens is 290 g/mol. The number of carbonyl (C=O) groups excluding carboxylic acids is 1. The summed E-state index contributed by atoms with van der Waals surface area (Å²) in [7, 11) is 0. The van der Waals surface area contributed by atoms with Crippen LogP contribution in [0.4, 0.5) is 0 Å². The van der Waals surface area contributed by atoms with Crippen molar-refractivity contribution in [2.45, 2.75) is 51.5 Å². The number of rotatable bonds is 6. The van der Waals surface area contributed by atoms with Crippen molar-refractivity contribution in [1.82, 2.24) is 5.32 Å². The van der Waals surface area contributed by atoms with E-state index in [0.29, 0.717) is 24.5 Å². The van der Waals surface area contributed by atoms with Crippen molar-refractivity contribution in [3.63, 3.8) is 0 Å². The summed E-state index contributed by atoms with van der Waals surface area (Å²) in [5.41, 5.74) is 1.43. The van der Waals surface area contributed by atoms with Crippen molar-refractivity contribution < 1.29 is 14.3 Å². The average Bonchev–Trinajstić information content (AvgIpc) is 2.59. The molecule has 1 spiro atoms. The summed E-state index contributed by atoms with van der Waals surface area (Å²) in [5, 5.41) is 3.26. The maximum absolute atomic E-state index is 12.3. The molecule has 1 aromatic carbocycles. The van der Waals surface area contributed by atoms with Gasteiger partial charge in [0, 0.05) is 25.7 Å². The molecule has 3 rings (SSSR count).